The van der Waals surface area contributed by atoms with Crippen molar-refractivity contribution in [1.29, 1.82) is 0 Å². The molecule has 0 bridgehead atoms. The summed E-state index contributed by atoms with van der Waals surface area (Å²) in [6, 6.07) is 0. The van der Waals surface area contributed by atoms with E-state index >= 15 is 0 Å². The zero-order chi connectivity index (χ0) is 11.8. The minimum absolute atomic E-state index is 0.214. The summed E-state index contributed by atoms with van der Waals surface area (Å²) >= 11 is 0. The Kier molecular flexibility index (Phi) is 6.37. The standard InChI is InChI=1S/C11H20O5/c1-14-5-2-6-15-7-8-16-10(11(12)13)9-3-4-9/h9-10H,2-8H2,1H3,(H,12,13). The molecule has 1 fully saturated rings. The summed E-state index contributed by atoms with van der Waals surface area (Å²) in [5.74, 6) is -0.645. The van der Waals surface area contributed by atoms with Crippen molar-refractivity contribution in [2.45, 2.75) is 25.4 Å². The van der Waals surface area contributed by atoms with Crippen molar-refractivity contribution in [1.82, 2.24) is 0 Å². The van der Waals surface area contributed by atoms with Gasteiger partial charge in [-0.3, -0.25) is 0 Å². The molecule has 0 radical (unpaired) electrons. The molecule has 1 aliphatic rings. The topological polar surface area (TPSA) is 65.0 Å². The van der Waals surface area contributed by atoms with Gasteiger partial charge in [0.05, 0.1) is 13.2 Å². The van der Waals surface area contributed by atoms with Crippen LogP contribution in [0.5, 0.6) is 0 Å². The van der Waals surface area contributed by atoms with E-state index in [4.69, 9.17) is 19.3 Å². The molecular formula is C11H20O5. The highest BCUT2D eigenvalue weighted by Crippen LogP contribution is 2.34. The molecule has 1 N–H and O–H groups in total. The van der Waals surface area contributed by atoms with Gasteiger partial charge in [-0.1, -0.05) is 0 Å². The first-order chi connectivity index (χ1) is 7.75. The summed E-state index contributed by atoms with van der Waals surface area (Å²) in [6.07, 6.45) is 2.14. The highest BCUT2D eigenvalue weighted by atomic mass is 16.5. The molecule has 16 heavy (non-hydrogen) atoms. The number of ether oxygens (including phenoxy) is 3. The van der Waals surface area contributed by atoms with Gasteiger partial charge in [-0.2, -0.15) is 0 Å². The van der Waals surface area contributed by atoms with E-state index in [0.29, 0.717) is 26.4 Å². The molecule has 94 valence electrons. The minimum Gasteiger partial charge on any atom is -0.479 e. The lowest BCUT2D eigenvalue weighted by molar-refractivity contribution is -0.152. The SMILES string of the molecule is COCCCOCCOC(C(=O)O)C1CC1. The van der Waals surface area contributed by atoms with Crippen LogP contribution in [0.1, 0.15) is 19.3 Å². The van der Waals surface area contributed by atoms with Crippen LogP contribution < -0.4 is 0 Å². The van der Waals surface area contributed by atoms with Gasteiger partial charge in [0.15, 0.2) is 6.10 Å². The maximum absolute atomic E-state index is 10.8. The quantitative estimate of drug-likeness (QED) is 0.567. The summed E-state index contributed by atoms with van der Waals surface area (Å²) in [7, 11) is 1.65. The van der Waals surface area contributed by atoms with Gasteiger partial charge in [0.1, 0.15) is 0 Å². The van der Waals surface area contributed by atoms with Gasteiger partial charge < -0.3 is 19.3 Å². The zero-order valence-electron chi connectivity index (χ0n) is 9.68. The number of hydrogen-bond acceptors (Lipinski definition) is 4. The minimum atomic E-state index is -0.859. The fourth-order valence-corrected chi connectivity index (χ4v) is 1.45. The summed E-state index contributed by atoms with van der Waals surface area (Å²) in [5, 5.41) is 8.87. The molecule has 5 heteroatoms. The lowest BCUT2D eigenvalue weighted by Gasteiger charge is -2.12. The van der Waals surface area contributed by atoms with Crippen molar-refractivity contribution >= 4 is 5.97 Å². The molecule has 1 rings (SSSR count). The van der Waals surface area contributed by atoms with Crippen molar-refractivity contribution in [3.63, 3.8) is 0 Å². The van der Waals surface area contributed by atoms with Gasteiger partial charge >= 0.3 is 5.97 Å². The highest BCUT2D eigenvalue weighted by Gasteiger charge is 2.36. The summed E-state index contributed by atoms with van der Waals surface area (Å²) in [4.78, 5) is 10.8. The van der Waals surface area contributed by atoms with Crippen LogP contribution >= 0.6 is 0 Å². The maximum atomic E-state index is 10.8. The van der Waals surface area contributed by atoms with Crippen LogP contribution in [-0.4, -0.2) is 50.7 Å². The van der Waals surface area contributed by atoms with E-state index in [1.807, 2.05) is 0 Å². The van der Waals surface area contributed by atoms with E-state index in [1.165, 1.54) is 0 Å². The first kappa shape index (κ1) is 13.4. The molecule has 0 aliphatic heterocycles. The van der Waals surface area contributed by atoms with E-state index in [9.17, 15) is 4.79 Å². The van der Waals surface area contributed by atoms with Gasteiger partial charge in [-0.05, 0) is 25.2 Å². The van der Waals surface area contributed by atoms with E-state index in [0.717, 1.165) is 19.3 Å². The Bertz CT molecular complexity index is 203. The first-order valence-electron chi connectivity index (χ1n) is 5.66. The predicted octanol–water partition coefficient (Wildman–Crippen LogP) is 0.919. The van der Waals surface area contributed by atoms with Crippen molar-refractivity contribution in [3.05, 3.63) is 0 Å². The molecule has 1 aliphatic carbocycles. The Balaban J connectivity index is 1.94. The fourth-order valence-electron chi connectivity index (χ4n) is 1.45. The summed E-state index contributed by atoms with van der Waals surface area (Å²) < 4.78 is 15.4. The normalized spacial score (nSPS) is 17.3. The molecule has 0 saturated heterocycles. The second kappa shape index (κ2) is 7.60. The Morgan fingerprint density at radius 1 is 1.31 bits per heavy atom. The lowest BCUT2D eigenvalue weighted by atomic mass is 10.2. The van der Waals surface area contributed by atoms with Crippen LogP contribution in [0.15, 0.2) is 0 Å². The van der Waals surface area contributed by atoms with Gasteiger partial charge in [0.25, 0.3) is 0 Å². The molecule has 0 aromatic carbocycles. The number of carbonyl (C=O) groups is 1. The molecule has 1 atom stereocenters. The Labute approximate surface area is 95.7 Å². The van der Waals surface area contributed by atoms with Gasteiger partial charge in [0, 0.05) is 20.3 Å². The Morgan fingerprint density at radius 2 is 2.06 bits per heavy atom. The van der Waals surface area contributed by atoms with Crippen LogP contribution in [-0.2, 0) is 19.0 Å². The third-order valence-electron chi connectivity index (χ3n) is 2.46. The van der Waals surface area contributed by atoms with Gasteiger partial charge in [0.2, 0.25) is 0 Å². The van der Waals surface area contributed by atoms with E-state index in [-0.39, 0.29) is 5.92 Å². The number of rotatable bonds is 10. The third kappa shape index (κ3) is 5.44. The average molecular weight is 232 g/mol. The van der Waals surface area contributed by atoms with Crippen LogP contribution in [0, 0.1) is 5.92 Å². The molecule has 0 amide bonds. The number of carboxylic acids is 1. The Morgan fingerprint density at radius 3 is 2.62 bits per heavy atom. The lowest BCUT2D eigenvalue weighted by Crippen LogP contribution is -2.27. The summed E-state index contributed by atoms with van der Waals surface area (Å²) in [6.45, 7) is 2.10. The molecule has 0 aromatic heterocycles. The summed E-state index contributed by atoms with van der Waals surface area (Å²) in [5.41, 5.74) is 0. The van der Waals surface area contributed by atoms with Crippen LogP contribution in [0.4, 0.5) is 0 Å². The van der Waals surface area contributed by atoms with Gasteiger partial charge in [-0.25, -0.2) is 4.79 Å². The second-order valence-electron chi connectivity index (χ2n) is 3.93. The second-order valence-corrected chi connectivity index (χ2v) is 3.93. The molecule has 0 aromatic rings. The van der Waals surface area contributed by atoms with Gasteiger partial charge in [-0.15, -0.1) is 0 Å². The molecule has 0 spiro atoms. The fraction of sp³-hybridized carbons (Fsp3) is 0.909. The molecule has 1 unspecified atom stereocenters. The predicted molar refractivity (Wildman–Crippen MR) is 57.4 cm³/mol. The number of methoxy groups -OCH3 is 1. The zero-order valence-corrected chi connectivity index (χ0v) is 9.68. The Hall–Kier alpha value is -0.650. The number of hydrogen-bond donors (Lipinski definition) is 1. The van der Waals surface area contributed by atoms with Crippen LogP contribution in [0.3, 0.4) is 0 Å². The first-order valence-corrected chi connectivity index (χ1v) is 5.66. The van der Waals surface area contributed by atoms with E-state index in [1.54, 1.807) is 7.11 Å². The highest BCUT2D eigenvalue weighted by molar-refractivity contribution is 5.73. The van der Waals surface area contributed by atoms with Crippen molar-refractivity contribution < 1.29 is 24.1 Å². The number of carboxylic acid groups (broad SMARTS) is 1. The molecular weight excluding hydrogens is 212 g/mol. The third-order valence-corrected chi connectivity index (χ3v) is 2.46. The molecule has 0 heterocycles. The van der Waals surface area contributed by atoms with Crippen molar-refractivity contribution in [2.75, 3.05) is 33.5 Å². The van der Waals surface area contributed by atoms with E-state index < -0.39 is 12.1 Å². The smallest absolute Gasteiger partial charge is 0.333 e. The maximum Gasteiger partial charge on any atom is 0.333 e. The van der Waals surface area contributed by atoms with Crippen LogP contribution in [0.2, 0.25) is 0 Å². The largest absolute Gasteiger partial charge is 0.479 e. The van der Waals surface area contributed by atoms with E-state index in [2.05, 4.69) is 0 Å². The molecule has 1 saturated carbocycles. The van der Waals surface area contributed by atoms with Crippen molar-refractivity contribution in [3.8, 4) is 0 Å². The molecule has 5 nitrogen and oxygen atoms in total. The average Bonchev–Trinajstić information content (AvgIpc) is 3.05. The monoisotopic (exact) mass is 232 g/mol. The van der Waals surface area contributed by atoms with Crippen molar-refractivity contribution in [2.24, 2.45) is 5.92 Å². The van der Waals surface area contributed by atoms with Crippen LogP contribution in [0.25, 0.3) is 0 Å². The number of aliphatic carboxylic acids is 1.